The van der Waals surface area contributed by atoms with Gasteiger partial charge in [0, 0.05) is 35.5 Å². The summed E-state index contributed by atoms with van der Waals surface area (Å²) < 4.78 is 3.84. The predicted molar refractivity (Wildman–Crippen MR) is 143 cm³/mol. The molecule has 0 bridgehead atoms. The topological polar surface area (TPSA) is 73.3 Å². The summed E-state index contributed by atoms with van der Waals surface area (Å²) in [7, 11) is 0. The zero-order chi connectivity index (χ0) is 24.5. The first-order valence-electron chi connectivity index (χ1n) is 11.1. The molecule has 0 fully saturated rings. The minimum Gasteiger partial charge on any atom is -0.311 e. The lowest BCUT2D eigenvalue weighted by atomic mass is 9.99. The Bertz CT molecular complexity index is 1120. The van der Waals surface area contributed by atoms with E-state index >= 15 is 0 Å². The van der Waals surface area contributed by atoms with Crippen LogP contribution in [0.4, 0.5) is 5.69 Å². The van der Waals surface area contributed by atoms with Gasteiger partial charge in [-0.15, -0.1) is 11.3 Å². The van der Waals surface area contributed by atoms with E-state index in [1.807, 2.05) is 54.8 Å². The van der Waals surface area contributed by atoms with Gasteiger partial charge in [-0.05, 0) is 47.5 Å². The second-order valence-corrected chi connectivity index (χ2v) is 10.5. The molecule has 3 aromatic rings. The monoisotopic (exact) mass is 513 g/mol. The van der Waals surface area contributed by atoms with Gasteiger partial charge < -0.3 is 4.90 Å². The van der Waals surface area contributed by atoms with Crippen LogP contribution < -0.4 is 9.62 Å². The summed E-state index contributed by atoms with van der Waals surface area (Å²) in [6, 6.07) is 18.4. The highest BCUT2D eigenvalue weighted by atomic mass is 35.5. The highest BCUT2D eigenvalue weighted by Gasteiger charge is 2.23. The van der Waals surface area contributed by atoms with Gasteiger partial charge in [-0.2, -0.15) is 0 Å². The van der Waals surface area contributed by atoms with E-state index in [1.54, 1.807) is 34.4 Å². The Morgan fingerprint density at radius 2 is 1.91 bits per heavy atom. The van der Waals surface area contributed by atoms with Crippen LogP contribution in [0.15, 0.2) is 70.3 Å². The van der Waals surface area contributed by atoms with E-state index in [0.29, 0.717) is 22.7 Å². The number of anilines is 1. The van der Waals surface area contributed by atoms with E-state index in [9.17, 15) is 9.59 Å². The van der Waals surface area contributed by atoms with Crippen molar-refractivity contribution in [1.82, 2.24) is 4.72 Å². The van der Waals surface area contributed by atoms with Crippen molar-refractivity contribution in [1.29, 1.82) is 5.41 Å². The number of hydrogen-bond acceptors (Lipinski definition) is 5. The van der Waals surface area contributed by atoms with Crippen LogP contribution in [0.25, 0.3) is 0 Å². The highest BCUT2D eigenvalue weighted by Crippen LogP contribution is 2.29. The zero-order valence-electron chi connectivity index (χ0n) is 19.2. The van der Waals surface area contributed by atoms with Gasteiger partial charge in [0.15, 0.2) is 0 Å². The van der Waals surface area contributed by atoms with Crippen LogP contribution in [0, 0.1) is 11.3 Å². The Balaban J connectivity index is 1.86. The summed E-state index contributed by atoms with van der Waals surface area (Å²) in [5.41, 5.74) is 2.15. The summed E-state index contributed by atoms with van der Waals surface area (Å²) in [5, 5.41) is 11.2. The van der Waals surface area contributed by atoms with Gasteiger partial charge in [0.25, 0.3) is 0 Å². The van der Waals surface area contributed by atoms with Gasteiger partial charge in [0.2, 0.25) is 11.8 Å². The molecule has 0 aliphatic rings. The van der Waals surface area contributed by atoms with Crippen LogP contribution in [-0.2, 0) is 9.59 Å². The Labute approximate surface area is 214 Å². The summed E-state index contributed by atoms with van der Waals surface area (Å²) in [4.78, 5) is 27.5. The lowest BCUT2D eigenvalue weighted by Gasteiger charge is -2.27. The van der Waals surface area contributed by atoms with Crippen molar-refractivity contribution in [2.45, 2.75) is 37.3 Å². The molecule has 0 saturated carbocycles. The maximum Gasteiger partial charge on any atom is 0.231 e. The molecular formula is C26H28ClN3O2S2. The summed E-state index contributed by atoms with van der Waals surface area (Å²) in [5.74, 6) is -0.0200. The number of nitrogens with one attached hydrogen (secondary N) is 2. The van der Waals surface area contributed by atoms with Gasteiger partial charge in [0.05, 0.1) is 15.6 Å². The molecule has 0 saturated heterocycles. The maximum atomic E-state index is 13.4. The summed E-state index contributed by atoms with van der Waals surface area (Å²) in [6.07, 6.45) is 1.39. The van der Waals surface area contributed by atoms with Crippen molar-refractivity contribution in [3.8, 4) is 0 Å². The molecule has 8 heteroatoms. The molecule has 178 valence electrons. The van der Waals surface area contributed by atoms with Gasteiger partial charge in [0.1, 0.15) is 0 Å². The fraction of sp³-hybridized carbons (Fsp3) is 0.269. The SMILES string of the molecule is CCC(C)CC(=O)N(CCC(=O)NSc1cccs1)c1ccc(Cl)cc1C(=N)c1ccccc1. The normalized spacial score (nSPS) is 11.6. The molecule has 0 aliphatic heterocycles. The first-order chi connectivity index (χ1) is 16.4. The molecule has 0 spiro atoms. The number of amides is 2. The smallest absolute Gasteiger partial charge is 0.231 e. The van der Waals surface area contributed by atoms with Crippen molar-refractivity contribution in [3.63, 3.8) is 0 Å². The first-order valence-corrected chi connectivity index (χ1v) is 13.2. The van der Waals surface area contributed by atoms with Crippen LogP contribution in [0.5, 0.6) is 0 Å². The number of benzene rings is 2. The third-order valence-corrected chi connectivity index (χ3v) is 7.53. The fourth-order valence-electron chi connectivity index (χ4n) is 3.33. The zero-order valence-corrected chi connectivity index (χ0v) is 21.6. The fourth-order valence-corrected chi connectivity index (χ4v) is 4.90. The number of carbonyl (C=O) groups excluding carboxylic acids is 2. The molecule has 1 heterocycles. The Morgan fingerprint density at radius 3 is 2.59 bits per heavy atom. The Kier molecular flexibility index (Phi) is 9.74. The van der Waals surface area contributed by atoms with Gasteiger partial charge in [-0.25, -0.2) is 0 Å². The molecule has 2 amide bonds. The Morgan fingerprint density at radius 1 is 1.15 bits per heavy atom. The molecule has 0 aliphatic carbocycles. The average molecular weight is 514 g/mol. The number of thiophene rings is 1. The van der Waals surface area contributed by atoms with Crippen molar-refractivity contribution < 1.29 is 9.59 Å². The van der Waals surface area contributed by atoms with Crippen LogP contribution >= 0.6 is 34.9 Å². The van der Waals surface area contributed by atoms with Crippen molar-refractivity contribution in [2.75, 3.05) is 11.4 Å². The molecule has 34 heavy (non-hydrogen) atoms. The van der Waals surface area contributed by atoms with Crippen molar-refractivity contribution >= 4 is 58.1 Å². The van der Waals surface area contributed by atoms with Gasteiger partial charge in [-0.1, -0.05) is 68.3 Å². The summed E-state index contributed by atoms with van der Waals surface area (Å²) in [6.45, 7) is 4.30. The summed E-state index contributed by atoms with van der Waals surface area (Å²) >= 11 is 9.12. The lowest BCUT2D eigenvalue weighted by Crippen LogP contribution is -2.36. The van der Waals surface area contributed by atoms with E-state index in [1.165, 1.54) is 11.9 Å². The molecular weight excluding hydrogens is 486 g/mol. The van der Waals surface area contributed by atoms with Crippen molar-refractivity contribution in [2.24, 2.45) is 5.92 Å². The molecule has 1 unspecified atom stereocenters. The van der Waals surface area contributed by atoms with E-state index in [-0.39, 0.29) is 36.4 Å². The lowest BCUT2D eigenvalue weighted by molar-refractivity contribution is -0.120. The van der Waals surface area contributed by atoms with E-state index in [2.05, 4.69) is 11.6 Å². The first kappa shape index (κ1) is 26.0. The number of rotatable bonds is 11. The number of halogens is 1. The quantitative estimate of drug-likeness (QED) is 0.219. The molecule has 3 rings (SSSR count). The van der Waals surface area contributed by atoms with Crippen LogP contribution in [0.2, 0.25) is 5.02 Å². The van der Waals surface area contributed by atoms with Crippen LogP contribution in [0.1, 0.15) is 44.2 Å². The largest absolute Gasteiger partial charge is 0.311 e. The predicted octanol–water partition coefficient (Wildman–Crippen LogP) is 6.80. The number of hydrogen-bond donors (Lipinski definition) is 2. The van der Waals surface area contributed by atoms with E-state index in [0.717, 1.165) is 16.2 Å². The molecule has 2 N–H and O–H groups in total. The van der Waals surface area contributed by atoms with Crippen LogP contribution in [-0.4, -0.2) is 24.1 Å². The molecule has 2 aromatic carbocycles. The van der Waals surface area contributed by atoms with E-state index < -0.39 is 0 Å². The number of carbonyl (C=O) groups is 2. The standard InChI is InChI=1S/C26H28ClN3O2S2/c1-3-18(2)16-24(32)30(14-13-23(31)29-34-25-10-7-15-33-25)22-12-11-20(27)17-21(22)26(28)19-8-5-4-6-9-19/h4-12,15,17-18,28H,3,13-14,16H2,1-2H3,(H,29,31). The molecule has 5 nitrogen and oxygen atoms in total. The van der Waals surface area contributed by atoms with Crippen molar-refractivity contribution in [3.05, 3.63) is 82.2 Å². The second kappa shape index (κ2) is 12.7. The molecule has 0 radical (unpaired) electrons. The van der Waals surface area contributed by atoms with E-state index in [4.69, 9.17) is 17.0 Å². The minimum absolute atomic E-state index is 0.0718. The maximum absolute atomic E-state index is 13.4. The highest BCUT2D eigenvalue weighted by molar-refractivity contribution is 7.99. The second-order valence-electron chi connectivity index (χ2n) is 7.97. The third kappa shape index (κ3) is 7.19. The molecule has 1 atom stereocenters. The van der Waals surface area contributed by atoms with Crippen LogP contribution in [0.3, 0.4) is 0 Å². The number of nitrogens with zero attached hydrogens (tertiary/aromatic N) is 1. The van der Waals surface area contributed by atoms with Gasteiger partial charge >= 0.3 is 0 Å². The third-order valence-electron chi connectivity index (χ3n) is 5.43. The molecule has 1 aromatic heterocycles. The van der Waals surface area contributed by atoms with Gasteiger partial charge in [-0.3, -0.25) is 19.7 Å². The average Bonchev–Trinajstić information content (AvgIpc) is 3.37. The minimum atomic E-state index is -0.159. The Hall–Kier alpha value is -2.61.